The molecule has 0 saturated carbocycles. The number of hydrazone groups is 1. The van der Waals surface area contributed by atoms with E-state index in [0.717, 1.165) is 36.2 Å². The Balaban J connectivity index is 1.42. The molecule has 0 bridgehead atoms. The Morgan fingerprint density at radius 1 is 1.19 bits per heavy atom. The largest absolute Gasteiger partial charge is 0.349 e. The molecule has 0 unspecified atom stereocenters. The smallest absolute Gasteiger partial charge is 0.240 e. The summed E-state index contributed by atoms with van der Waals surface area (Å²) in [4.78, 5) is 23.7. The van der Waals surface area contributed by atoms with E-state index in [1.54, 1.807) is 0 Å². The normalized spacial score (nSPS) is 18.7. The zero-order chi connectivity index (χ0) is 22.0. The fourth-order valence-electron chi connectivity index (χ4n) is 4.25. The highest BCUT2D eigenvalue weighted by Gasteiger charge is 2.26. The summed E-state index contributed by atoms with van der Waals surface area (Å²) in [7, 11) is 0. The zero-order valence-electron chi connectivity index (χ0n) is 18.6. The highest BCUT2D eigenvalue weighted by atomic mass is 16.2. The Labute approximate surface area is 183 Å². The predicted molar refractivity (Wildman–Crippen MR) is 120 cm³/mol. The predicted octanol–water partition coefficient (Wildman–Crippen LogP) is 3.71. The van der Waals surface area contributed by atoms with Crippen molar-refractivity contribution in [3.05, 3.63) is 47.3 Å². The molecule has 0 spiro atoms. The summed E-state index contributed by atoms with van der Waals surface area (Å²) in [6.07, 6.45) is 6.83. The van der Waals surface area contributed by atoms with Gasteiger partial charge < -0.3 is 5.32 Å². The standard InChI is InChI=1S/C24H31N5O2/c1-24(2,3)16-7-11-18(12-8-16)29-21-6-4-5-20(19(21)15-25-29)26-22(30)13-9-17-10-14-23(31)28-27-17/h7-8,11-12,15,20H,4-6,9-10,13-14H2,1-3H3,(H,26,30)(H,28,31)/t20-/m0/s1. The van der Waals surface area contributed by atoms with Crippen LogP contribution in [0.3, 0.4) is 0 Å². The number of carbonyl (C=O) groups excluding carboxylic acids is 2. The van der Waals surface area contributed by atoms with Crippen molar-refractivity contribution >= 4 is 17.5 Å². The molecule has 2 N–H and O–H groups in total. The molecule has 2 heterocycles. The van der Waals surface area contributed by atoms with Crippen molar-refractivity contribution in [1.29, 1.82) is 0 Å². The van der Waals surface area contributed by atoms with Crippen molar-refractivity contribution in [3.63, 3.8) is 0 Å². The van der Waals surface area contributed by atoms with Gasteiger partial charge in [0, 0.05) is 29.8 Å². The fourth-order valence-corrected chi connectivity index (χ4v) is 4.25. The number of nitrogens with one attached hydrogen (secondary N) is 2. The maximum absolute atomic E-state index is 12.6. The van der Waals surface area contributed by atoms with E-state index in [9.17, 15) is 9.59 Å². The van der Waals surface area contributed by atoms with Gasteiger partial charge in [0.15, 0.2) is 0 Å². The number of nitrogens with zero attached hydrogens (tertiary/aromatic N) is 3. The second kappa shape index (κ2) is 8.65. The molecule has 164 valence electrons. The quantitative estimate of drug-likeness (QED) is 0.771. The number of carbonyl (C=O) groups is 2. The van der Waals surface area contributed by atoms with Gasteiger partial charge in [-0.2, -0.15) is 10.2 Å². The van der Waals surface area contributed by atoms with Gasteiger partial charge in [-0.15, -0.1) is 0 Å². The number of hydrogen-bond acceptors (Lipinski definition) is 4. The lowest BCUT2D eigenvalue weighted by atomic mass is 9.87. The van der Waals surface area contributed by atoms with Gasteiger partial charge >= 0.3 is 0 Å². The number of amides is 2. The molecule has 4 rings (SSSR count). The van der Waals surface area contributed by atoms with Crippen molar-refractivity contribution in [2.75, 3.05) is 0 Å². The van der Waals surface area contributed by atoms with Crippen LogP contribution < -0.4 is 10.7 Å². The first-order valence-electron chi connectivity index (χ1n) is 11.1. The molecule has 0 saturated heterocycles. The minimum atomic E-state index is -0.0620. The van der Waals surface area contributed by atoms with E-state index in [4.69, 9.17) is 0 Å². The van der Waals surface area contributed by atoms with E-state index in [2.05, 4.69) is 66.0 Å². The molecule has 7 heteroatoms. The highest BCUT2D eigenvalue weighted by Crippen LogP contribution is 2.32. The SMILES string of the molecule is CC(C)(C)c1ccc(-n2ncc3c2CCC[C@@H]3NC(=O)CCC2=NNC(=O)CC2)cc1. The summed E-state index contributed by atoms with van der Waals surface area (Å²) < 4.78 is 2.01. The molecule has 1 atom stereocenters. The molecule has 2 aromatic rings. The fraction of sp³-hybridized carbons (Fsp3) is 0.500. The third-order valence-electron chi connectivity index (χ3n) is 6.12. The first-order valence-corrected chi connectivity index (χ1v) is 11.1. The van der Waals surface area contributed by atoms with E-state index in [1.165, 1.54) is 11.3 Å². The van der Waals surface area contributed by atoms with E-state index in [0.29, 0.717) is 25.7 Å². The molecule has 2 aliphatic rings. The number of hydrogen-bond donors (Lipinski definition) is 2. The lowest BCUT2D eigenvalue weighted by Gasteiger charge is -2.24. The molecule has 1 aromatic heterocycles. The average molecular weight is 422 g/mol. The lowest BCUT2D eigenvalue weighted by molar-refractivity contribution is -0.122. The first-order chi connectivity index (χ1) is 14.8. The van der Waals surface area contributed by atoms with Crippen LogP contribution in [0.5, 0.6) is 0 Å². The molecule has 31 heavy (non-hydrogen) atoms. The van der Waals surface area contributed by atoms with Crippen LogP contribution in [0, 0.1) is 0 Å². The molecule has 1 aromatic carbocycles. The zero-order valence-corrected chi connectivity index (χ0v) is 18.6. The van der Waals surface area contributed by atoms with Crippen LogP contribution in [0.15, 0.2) is 35.6 Å². The van der Waals surface area contributed by atoms with Crippen molar-refractivity contribution < 1.29 is 9.59 Å². The molecule has 7 nitrogen and oxygen atoms in total. The van der Waals surface area contributed by atoms with Gasteiger partial charge in [-0.3, -0.25) is 9.59 Å². The van der Waals surface area contributed by atoms with Crippen molar-refractivity contribution in [3.8, 4) is 5.69 Å². The minimum Gasteiger partial charge on any atom is -0.349 e. The van der Waals surface area contributed by atoms with Gasteiger partial charge in [0.1, 0.15) is 0 Å². The monoisotopic (exact) mass is 421 g/mol. The van der Waals surface area contributed by atoms with Crippen molar-refractivity contribution in [2.45, 2.75) is 77.2 Å². The van der Waals surface area contributed by atoms with Crippen LogP contribution in [0.2, 0.25) is 0 Å². The van der Waals surface area contributed by atoms with E-state index >= 15 is 0 Å². The number of rotatable bonds is 5. The summed E-state index contributed by atoms with van der Waals surface area (Å²) in [5, 5.41) is 11.9. The molecule has 0 radical (unpaired) electrons. The van der Waals surface area contributed by atoms with Gasteiger partial charge in [-0.05, 0) is 55.2 Å². The second-order valence-corrected chi connectivity index (χ2v) is 9.48. The van der Waals surface area contributed by atoms with E-state index < -0.39 is 0 Å². The summed E-state index contributed by atoms with van der Waals surface area (Å²) in [5.74, 6) is -0.0484. The third kappa shape index (κ3) is 4.86. The minimum absolute atomic E-state index is 0.00755. The third-order valence-corrected chi connectivity index (χ3v) is 6.12. The van der Waals surface area contributed by atoms with Gasteiger partial charge in [-0.1, -0.05) is 32.9 Å². The molecule has 0 fully saturated rings. The van der Waals surface area contributed by atoms with E-state index in [1.807, 2.05) is 10.9 Å². The topological polar surface area (TPSA) is 88.4 Å². The van der Waals surface area contributed by atoms with Crippen LogP contribution in [-0.4, -0.2) is 27.3 Å². The van der Waals surface area contributed by atoms with Crippen LogP contribution >= 0.6 is 0 Å². The highest BCUT2D eigenvalue weighted by molar-refractivity contribution is 5.94. The molecule has 1 aliphatic heterocycles. The van der Waals surface area contributed by atoms with Gasteiger partial charge in [-0.25, -0.2) is 10.1 Å². The summed E-state index contributed by atoms with van der Waals surface area (Å²) in [6.45, 7) is 6.63. The number of fused-ring (bicyclic) bond motifs is 1. The summed E-state index contributed by atoms with van der Waals surface area (Å²) >= 11 is 0. The van der Waals surface area contributed by atoms with Crippen LogP contribution in [0.1, 0.15) is 82.2 Å². The maximum atomic E-state index is 12.6. The Kier molecular flexibility index (Phi) is 5.94. The van der Waals surface area contributed by atoms with Gasteiger partial charge in [0.25, 0.3) is 0 Å². The molecular weight excluding hydrogens is 390 g/mol. The molecule has 1 aliphatic carbocycles. The number of aromatic nitrogens is 2. The van der Waals surface area contributed by atoms with Crippen LogP contribution in [0.4, 0.5) is 0 Å². The average Bonchev–Trinajstić information content (AvgIpc) is 3.18. The lowest BCUT2D eigenvalue weighted by Crippen LogP contribution is -2.32. The van der Waals surface area contributed by atoms with Crippen molar-refractivity contribution in [2.24, 2.45) is 5.10 Å². The Bertz CT molecular complexity index is 998. The summed E-state index contributed by atoms with van der Waals surface area (Å²) in [5.41, 5.74) is 8.13. The Morgan fingerprint density at radius 2 is 1.97 bits per heavy atom. The van der Waals surface area contributed by atoms with E-state index in [-0.39, 0.29) is 23.3 Å². The van der Waals surface area contributed by atoms with Crippen LogP contribution in [-0.2, 0) is 21.4 Å². The maximum Gasteiger partial charge on any atom is 0.240 e. The number of benzene rings is 1. The summed E-state index contributed by atoms with van der Waals surface area (Å²) in [6, 6.07) is 8.58. The molecular formula is C24H31N5O2. The molecule has 2 amide bonds. The second-order valence-electron chi connectivity index (χ2n) is 9.48. The first kappa shape index (κ1) is 21.3. The van der Waals surface area contributed by atoms with Gasteiger partial charge in [0.05, 0.1) is 17.9 Å². The van der Waals surface area contributed by atoms with Crippen molar-refractivity contribution in [1.82, 2.24) is 20.5 Å². The Hall–Kier alpha value is -2.96. The van der Waals surface area contributed by atoms with Gasteiger partial charge in [0.2, 0.25) is 11.8 Å². The van der Waals surface area contributed by atoms with Crippen LogP contribution in [0.25, 0.3) is 5.69 Å². The Morgan fingerprint density at radius 3 is 2.65 bits per heavy atom.